The number of ether oxygens (including phenoxy) is 3. The fraction of sp³-hybridized carbons (Fsp3) is 0.259. The SMILES string of the molecule is COc1cc2ncnc(Cc3ccc(Oc4ccccc4)cc3)c2c(NC(C)(C)C)c1OC. The molecule has 6 nitrogen and oxygen atoms in total. The molecule has 0 saturated carbocycles. The molecule has 0 bridgehead atoms. The van der Waals surface area contributed by atoms with Gasteiger partial charge < -0.3 is 19.5 Å². The number of anilines is 1. The summed E-state index contributed by atoms with van der Waals surface area (Å²) in [5.74, 6) is 2.87. The molecule has 4 aromatic rings. The average Bonchev–Trinajstić information content (AvgIpc) is 2.80. The van der Waals surface area contributed by atoms with Crippen LogP contribution in [-0.4, -0.2) is 29.7 Å². The van der Waals surface area contributed by atoms with Gasteiger partial charge in [0.1, 0.15) is 17.8 Å². The lowest BCUT2D eigenvalue weighted by Crippen LogP contribution is -2.26. The largest absolute Gasteiger partial charge is 0.493 e. The molecular formula is C27H29N3O3. The van der Waals surface area contributed by atoms with Crippen molar-refractivity contribution in [2.45, 2.75) is 32.7 Å². The minimum absolute atomic E-state index is 0.198. The Morgan fingerprint density at radius 1 is 0.848 bits per heavy atom. The molecule has 170 valence electrons. The van der Waals surface area contributed by atoms with Crippen molar-refractivity contribution in [2.24, 2.45) is 0 Å². The topological polar surface area (TPSA) is 65.5 Å². The summed E-state index contributed by atoms with van der Waals surface area (Å²) in [5, 5.41) is 4.50. The van der Waals surface area contributed by atoms with Crippen LogP contribution in [0.4, 0.5) is 5.69 Å². The Kier molecular flexibility index (Phi) is 6.36. The van der Waals surface area contributed by atoms with Crippen molar-refractivity contribution in [2.75, 3.05) is 19.5 Å². The first-order valence-corrected chi connectivity index (χ1v) is 10.9. The molecule has 33 heavy (non-hydrogen) atoms. The number of fused-ring (bicyclic) bond motifs is 1. The predicted molar refractivity (Wildman–Crippen MR) is 132 cm³/mol. The maximum absolute atomic E-state index is 5.92. The third-order valence-corrected chi connectivity index (χ3v) is 5.12. The van der Waals surface area contributed by atoms with Crippen LogP contribution in [0.3, 0.4) is 0 Å². The summed E-state index contributed by atoms with van der Waals surface area (Å²) in [6.45, 7) is 6.31. The second-order valence-electron chi connectivity index (χ2n) is 8.81. The lowest BCUT2D eigenvalue weighted by Gasteiger charge is -2.26. The molecule has 0 amide bonds. The predicted octanol–water partition coefficient (Wildman–Crippen LogP) is 6.24. The second-order valence-corrected chi connectivity index (χ2v) is 8.81. The summed E-state index contributed by atoms with van der Waals surface area (Å²) < 4.78 is 17.2. The summed E-state index contributed by atoms with van der Waals surface area (Å²) in [4.78, 5) is 9.15. The first kappa shape index (κ1) is 22.4. The van der Waals surface area contributed by atoms with Gasteiger partial charge in [-0.15, -0.1) is 0 Å². The van der Waals surface area contributed by atoms with Gasteiger partial charge in [0.25, 0.3) is 0 Å². The molecule has 1 aromatic heterocycles. The monoisotopic (exact) mass is 443 g/mol. The Morgan fingerprint density at radius 3 is 2.18 bits per heavy atom. The van der Waals surface area contributed by atoms with E-state index in [0.717, 1.165) is 39.3 Å². The van der Waals surface area contributed by atoms with E-state index in [9.17, 15) is 0 Å². The number of hydrogen-bond donors (Lipinski definition) is 1. The highest BCUT2D eigenvalue weighted by molar-refractivity contribution is 5.99. The number of aromatic nitrogens is 2. The molecule has 0 aliphatic heterocycles. The molecule has 0 aliphatic carbocycles. The normalized spacial score (nSPS) is 11.3. The van der Waals surface area contributed by atoms with E-state index in [1.54, 1.807) is 20.5 Å². The van der Waals surface area contributed by atoms with E-state index in [1.807, 2.05) is 48.5 Å². The Labute approximate surface area is 194 Å². The molecule has 0 spiro atoms. The van der Waals surface area contributed by atoms with Crippen molar-refractivity contribution in [3.8, 4) is 23.0 Å². The molecule has 1 N–H and O–H groups in total. The zero-order valence-corrected chi connectivity index (χ0v) is 19.7. The number of rotatable bonds is 7. The van der Waals surface area contributed by atoms with Crippen LogP contribution in [0, 0.1) is 0 Å². The number of nitrogens with zero attached hydrogens (tertiary/aromatic N) is 2. The van der Waals surface area contributed by atoms with E-state index < -0.39 is 0 Å². The van der Waals surface area contributed by atoms with Gasteiger partial charge in [-0.2, -0.15) is 0 Å². The van der Waals surface area contributed by atoms with Crippen molar-refractivity contribution in [1.82, 2.24) is 9.97 Å². The van der Waals surface area contributed by atoms with Gasteiger partial charge in [0.2, 0.25) is 0 Å². The van der Waals surface area contributed by atoms with Crippen LogP contribution in [0.2, 0.25) is 0 Å². The van der Waals surface area contributed by atoms with E-state index in [-0.39, 0.29) is 5.54 Å². The molecule has 0 aliphatic rings. The van der Waals surface area contributed by atoms with Gasteiger partial charge in [-0.05, 0) is 50.6 Å². The summed E-state index contributed by atoms with van der Waals surface area (Å²) >= 11 is 0. The summed E-state index contributed by atoms with van der Waals surface area (Å²) in [6.07, 6.45) is 2.23. The number of benzene rings is 3. The zero-order chi connectivity index (χ0) is 23.4. The quantitative estimate of drug-likeness (QED) is 0.365. The van der Waals surface area contributed by atoms with Crippen LogP contribution < -0.4 is 19.5 Å². The maximum atomic E-state index is 5.92. The van der Waals surface area contributed by atoms with Gasteiger partial charge in [-0.25, -0.2) is 9.97 Å². The van der Waals surface area contributed by atoms with Gasteiger partial charge >= 0.3 is 0 Å². The lowest BCUT2D eigenvalue weighted by molar-refractivity contribution is 0.356. The molecule has 0 radical (unpaired) electrons. The minimum Gasteiger partial charge on any atom is -0.493 e. The Balaban J connectivity index is 1.72. The zero-order valence-electron chi connectivity index (χ0n) is 19.7. The van der Waals surface area contributed by atoms with Crippen molar-refractivity contribution < 1.29 is 14.2 Å². The van der Waals surface area contributed by atoms with Crippen LogP contribution in [-0.2, 0) is 6.42 Å². The first-order valence-electron chi connectivity index (χ1n) is 10.9. The fourth-order valence-corrected chi connectivity index (χ4v) is 3.72. The minimum atomic E-state index is -0.198. The van der Waals surface area contributed by atoms with Crippen LogP contribution in [0.15, 0.2) is 67.0 Å². The molecular weight excluding hydrogens is 414 g/mol. The van der Waals surface area contributed by atoms with Crippen molar-refractivity contribution in [3.63, 3.8) is 0 Å². The highest BCUT2D eigenvalue weighted by atomic mass is 16.5. The van der Waals surface area contributed by atoms with Crippen LogP contribution in [0.25, 0.3) is 10.9 Å². The number of nitrogens with one attached hydrogen (secondary N) is 1. The first-order chi connectivity index (χ1) is 15.9. The lowest BCUT2D eigenvalue weighted by atomic mass is 10.0. The number of methoxy groups -OCH3 is 2. The number of hydrogen-bond acceptors (Lipinski definition) is 6. The second kappa shape index (κ2) is 9.36. The molecule has 4 rings (SSSR count). The molecule has 0 atom stereocenters. The molecule has 0 fully saturated rings. The van der Waals surface area contributed by atoms with Crippen molar-refractivity contribution in [3.05, 3.63) is 78.2 Å². The van der Waals surface area contributed by atoms with Crippen molar-refractivity contribution >= 4 is 16.6 Å². The molecule has 0 saturated heterocycles. The summed E-state index contributed by atoms with van der Waals surface area (Å²) in [5.41, 5.74) is 3.46. The Hall–Kier alpha value is -3.80. The third kappa shape index (κ3) is 5.17. The number of para-hydroxylation sites is 1. The third-order valence-electron chi connectivity index (χ3n) is 5.12. The highest BCUT2D eigenvalue weighted by Crippen LogP contribution is 2.43. The maximum Gasteiger partial charge on any atom is 0.184 e. The smallest absolute Gasteiger partial charge is 0.184 e. The molecule has 0 unspecified atom stereocenters. The highest BCUT2D eigenvalue weighted by Gasteiger charge is 2.22. The molecule has 6 heteroatoms. The van der Waals surface area contributed by atoms with Crippen LogP contribution >= 0.6 is 0 Å². The van der Waals surface area contributed by atoms with E-state index in [4.69, 9.17) is 14.2 Å². The van der Waals surface area contributed by atoms with Crippen LogP contribution in [0.5, 0.6) is 23.0 Å². The van der Waals surface area contributed by atoms with E-state index in [2.05, 4.69) is 48.2 Å². The van der Waals surface area contributed by atoms with E-state index >= 15 is 0 Å². The summed E-state index contributed by atoms with van der Waals surface area (Å²) in [7, 11) is 3.28. The summed E-state index contributed by atoms with van der Waals surface area (Å²) in [6, 6.07) is 19.7. The molecule has 1 heterocycles. The Morgan fingerprint density at radius 2 is 1.55 bits per heavy atom. The average molecular weight is 444 g/mol. The van der Waals surface area contributed by atoms with E-state index in [0.29, 0.717) is 17.9 Å². The van der Waals surface area contributed by atoms with Gasteiger partial charge in [0.05, 0.1) is 31.1 Å². The fourth-order valence-electron chi connectivity index (χ4n) is 3.72. The van der Waals surface area contributed by atoms with Gasteiger partial charge in [-0.3, -0.25) is 0 Å². The standard InChI is InChI=1S/C27H29N3O3/c1-27(2,3)30-25-24-21(28-17-29-22(24)16-23(31-4)26(25)32-5)15-18-11-13-20(14-12-18)33-19-9-7-6-8-10-19/h6-14,16-17,30H,15H2,1-5H3. The van der Waals surface area contributed by atoms with Crippen molar-refractivity contribution in [1.29, 1.82) is 0 Å². The van der Waals surface area contributed by atoms with E-state index in [1.165, 1.54) is 0 Å². The van der Waals surface area contributed by atoms with Crippen LogP contribution in [0.1, 0.15) is 32.0 Å². The molecule has 3 aromatic carbocycles. The van der Waals surface area contributed by atoms with Gasteiger partial charge in [0, 0.05) is 23.4 Å². The Bertz CT molecular complexity index is 1230. The van der Waals surface area contributed by atoms with Gasteiger partial charge in [0.15, 0.2) is 11.5 Å². The van der Waals surface area contributed by atoms with Gasteiger partial charge in [-0.1, -0.05) is 30.3 Å².